The Labute approximate surface area is 143 Å². The van der Waals surface area contributed by atoms with Crippen molar-refractivity contribution in [1.82, 2.24) is 14.7 Å². The van der Waals surface area contributed by atoms with Crippen LogP contribution in [-0.4, -0.2) is 21.6 Å². The summed E-state index contributed by atoms with van der Waals surface area (Å²) in [6.07, 6.45) is 13.8. The van der Waals surface area contributed by atoms with Crippen LogP contribution in [0.5, 0.6) is 0 Å². The summed E-state index contributed by atoms with van der Waals surface area (Å²) >= 11 is 0. The average molecular weight is 320 g/mol. The molecule has 0 spiro atoms. The predicted molar refractivity (Wildman–Crippen MR) is 98.3 cm³/mol. The van der Waals surface area contributed by atoms with E-state index in [4.69, 9.17) is 0 Å². The van der Waals surface area contributed by atoms with Gasteiger partial charge in [0.25, 0.3) is 0 Å². The van der Waals surface area contributed by atoms with E-state index in [1.807, 2.05) is 12.4 Å². The molecule has 0 fully saturated rings. The van der Waals surface area contributed by atoms with Crippen LogP contribution in [0.2, 0.25) is 0 Å². The highest BCUT2D eigenvalue weighted by Gasteiger charge is 2.27. The zero-order valence-electron chi connectivity index (χ0n) is 14.5. The van der Waals surface area contributed by atoms with Gasteiger partial charge in [-0.15, -0.1) is 0 Å². The number of imidazole rings is 1. The number of pyridine rings is 1. The van der Waals surface area contributed by atoms with Crippen LogP contribution in [0.15, 0.2) is 53.6 Å². The summed E-state index contributed by atoms with van der Waals surface area (Å²) in [4.78, 5) is 8.92. The first-order valence-corrected chi connectivity index (χ1v) is 8.76. The van der Waals surface area contributed by atoms with E-state index in [1.165, 1.54) is 11.3 Å². The molecule has 4 heterocycles. The minimum atomic E-state index is 0.379. The Morgan fingerprint density at radius 1 is 1.21 bits per heavy atom. The van der Waals surface area contributed by atoms with Crippen molar-refractivity contribution in [2.24, 2.45) is 16.8 Å². The summed E-state index contributed by atoms with van der Waals surface area (Å²) in [6.45, 7) is 6.65. The lowest BCUT2D eigenvalue weighted by Crippen LogP contribution is -2.30. The number of aliphatic imine (C=N–C) groups is 1. The third-order valence-electron chi connectivity index (χ3n) is 4.95. The molecule has 0 saturated carbocycles. The molecule has 124 valence electrons. The van der Waals surface area contributed by atoms with Crippen LogP contribution in [0.25, 0.3) is 5.65 Å². The van der Waals surface area contributed by atoms with Crippen molar-refractivity contribution in [1.29, 1.82) is 0 Å². The molecule has 0 saturated heterocycles. The number of aromatic nitrogens is 2. The van der Waals surface area contributed by atoms with Gasteiger partial charge in [-0.2, -0.15) is 0 Å². The third kappa shape index (κ3) is 2.77. The van der Waals surface area contributed by atoms with E-state index in [0.717, 1.165) is 17.8 Å². The molecule has 0 radical (unpaired) electrons. The van der Waals surface area contributed by atoms with Gasteiger partial charge in [0.1, 0.15) is 5.65 Å². The second kappa shape index (κ2) is 5.93. The molecule has 2 aromatic rings. The standard InChI is InChI=1S/C20H24N4/c1-13(2)19-12-24-11-15(4-5-20(24)23-19)8-14(3)18-9-16-10-21-7-6-17(16)22-18/h4-7,9-14,16-17,22H,8H2,1-3H3. The molecule has 0 amide bonds. The Hall–Kier alpha value is -2.36. The number of rotatable bonds is 4. The van der Waals surface area contributed by atoms with Gasteiger partial charge >= 0.3 is 0 Å². The molecule has 3 unspecified atom stereocenters. The number of hydrogen-bond acceptors (Lipinski definition) is 3. The molecule has 1 N–H and O–H groups in total. The zero-order valence-corrected chi connectivity index (χ0v) is 14.5. The Kier molecular flexibility index (Phi) is 3.75. The Morgan fingerprint density at radius 3 is 2.88 bits per heavy atom. The number of hydrogen-bond donors (Lipinski definition) is 1. The summed E-state index contributed by atoms with van der Waals surface area (Å²) in [6, 6.07) is 4.71. The van der Waals surface area contributed by atoms with E-state index in [9.17, 15) is 0 Å². The molecule has 2 aliphatic heterocycles. The topological polar surface area (TPSA) is 41.7 Å². The maximum absolute atomic E-state index is 4.68. The van der Waals surface area contributed by atoms with E-state index in [-0.39, 0.29) is 0 Å². The molecule has 3 atom stereocenters. The minimum absolute atomic E-state index is 0.379. The van der Waals surface area contributed by atoms with E-state index in [1.54, 1.807) is 0 Å². The highest BCUT2D eigenvalue weighted by molar-refractivity contribution is 5.68. The lowest BCUT2D eigenvalue weighted by Gasteiger charge is -2.18. The molecular formula is C20H24N4. The van der Waals surface area contributed by atoms with Gasteiger partial charge in [0.15, 0.2) is 0 Å². The van der Waals surface area contributed by atoms with Gasteiger partial charge in [-0.25, -0.2) is 4.98 Å². The van der Waals surface area contributed by atoms with Crippen molar-refractivity contribution in [2.45, 2.75) is 39.2 Å². The lowest BCUT2D eigenvalue weighted by molar-refractivity contribution is 0.584. The van der Waals surface area contributed by atoms with Crippen molar-refractivity contribution < 1.29 is 0 Å². The summed E-state index contributed by atoms with van der Waals surface area (Å²) < 4.78 is 2.16. The molecule has 4 nitrogen and oxygen atoms in total. The van der Waals surface area contributed by atoms with E-state index >= 15 is 0 Å². The number of allylic oxidation sites excluding steroid dienone is 1. The predicted octanol–water partition coefficient (Wildman–Crippen LogP) is 3.71. The molecular weight excluding hydrogens is 296 g/mol. The summed E-state index contributed by atoms with van der Waals surface area (Å²) in [5, 5.41) is 3.63. The zero-order chi connectivity index (χ0) is 16.7. The molecule has 0 aliphatic carbocycles. The van der Waals surface area contributed by atoms with Crippen LogP contribution in [0, 0.1) is 11.8 Å². The fourth-order valence-corrected chi connectivity index (χ4v) is 3.48. The SMILES string of the molecule is CC(Cc1ccc2nc(C(C)C)cn2c1)C1=CC2C=NC=CC2N1. The number of nitrogens with one attached hydrogen (secondary N) is 1. The highest BCUT2D eigenvalue weighted by atomic mass is 15.0. The van der Waals surface area contributed by atoms with Crippen LogP contribution < -0.4 is 5.32 Å². The fraction of sp³-hybridized carbons (Fsp3) is 0.400. The van der Waals surface area contributed by atoms with E-state index in [2.05, 4.69) is 77.1 Å². The molecule has 2 aromatic heterocycles. The van der Waals surface area contributed by atoms with E-state index in [0.29, 0.717) is 23.8 Å². The molecule has 0 aromatic carbocycles. The fourth-order valence-electron chi connectivity index (χ4n) is 3.48. The van der Waals surface area contributed by atoms with E-state index < -0.39 is 0 Å². The quantitative estimate of drug-likeness (QED) is 0.933. The van der Waals surface area contributed by atoms with Gasteiger partial charge in [0.2, 0.25) is 0 Å². The lowest BCUT2D eigenvalue weighted by atomic mass is 9.98. The molecule has 4 rings (SSSR count). The second-order valence-electron chi connectivity index (χ2n) is 7.24. The normalized spacial score (nSPS) is 23.4. The van der Waals surface area contributed by atoms with Gasteiger partial charge in [-0.1, -0.05) is 32.9 Å². The second-order valence-corrected chi connectivity index (χ2v) is 7.24. The monoisotopic (exact) mass is 320 g/mol. The first-order chi connectivity index (χ1) is 11.6. The first-order valence-electron chi connectivity index (χ1n) is 8.76. The Bertz CT molecular complexity index is 840. The smallest absolute Gasteiger partial charge is 0.136 e. The van der Waals surface area contributed by atoms with Crippen LogP contribution in [0.1, 0.15) is 37.9 Å². The number of fused-ring (bicyclic) bond motifs is 2. The van der Waals surface area contributed by atoms with Gasteiger partial charge in [-0.3, -0.25) is 4.99 Å². The maximum Gasteiger partial charge on any atom is 0.136 e. The average Bonchev–Trinajstić information content (AvgIpc) is 3.18. The van der Waals surface area contributed by atoms with Crippen molar-refractivity contribution in [3.05, 3.63) is 59.8 Å². The molecule has 4 heteroatoms. The van der Waals surface area contributed by atoms with Crippen molar-refractivity contribution in [2.75, 3.05) is 0 Å². The van der Waals surface area contributed by atoms with Crippen LogP contribution in [0.4, 0.5) is 0 Å². The van der Waals surface area contributed by atoms with Gasteiger partial charge < -0.3 is 9.72 Å². The largest absolute Gasteiger partial charge is 0.381 e. The van der Waals surface area contributed by atoms with Crippen molar-refractivity contribution in [3.63, 3.8) is 0 Å². The van der Waals surface area contributed by atoms with Crippen molar-refractivity contribution in [3.8, 4) is 0 Å². The van der Waals surface area contributed by atoms with Crippen molar-refractivity contribution >= 4 is 11.9 Å². The van der Waals surface area contributed by atoms with Gasteiger partial charge in [0, 0.05) is 36.4 Å². The maximum atomic E-state index is 4.68. The third-order valence-corrected chi connectivity index (χ3v) is 4.95. The van der Waals surface area contributed by atoms with Crippen LogP contribution >= 0.6 is 0 Å². The summed E-state index contributed by atoms with van der Waals surface area (Å²) in [5.41, 5.74) is 4.84. The molecule has 2 aliphatic rings. The van der Waals surface area contributed by atoms with Gasteiger partial charge in [-0.05, 0) is 36.0 Å². The first kappa shape index (κ1) is 15.2. The van der Waals surface area contributed by atoms with Crippen LogP contribution in [0.3, 0.4) is 0 Å². The Balaban J connectivity index is 1.51. The molecule has 24 heavy (non-hydrogen) atoms. The summed E-state index contributed by atoms with van der Waals surface area (Å²) in [7, 11) is 0. The minimum Gasteiger partial charge on any atom is -0.381 e. The highest BCUT2D eigenvalue weighted by Crippen LogP contribution is 2.26. The van der Waals surface area contributed by atoms with Gasteiger partial charge in [0.05, 0.1) is 11.7 Å². The molecule has 0 bridgehead atoms. The Morgan fingerprint density at radius 2 is 2.08 bits per heavy atom. The van der Waals surface area contributed by atoms with Crippen LogP contribution in [-0.2, 0) is 6.42 Å². The summed E-state index contributed by atoms with van der Waals surface area (Å²) in [5.74, 6) is 1.32. The number of nitrogens with zero attached hydrogens (tertiary/aromatic N) is 3.